The third-order valence-corrected chi connectivity index (χ3v) is 5.98. The first-order chi connectivity index (χ1) is 16.0. The van der Waals surface area contributed by atoms with Crippen LogP contribution in [0.4, 0.5) is 0 Å². The summed E-state index contributed by atoms with van der Waals surface area (Å²) in [6.07, 6.45) is 2.58. The molecule has 4 rings (SSSR count). The molecule has 1 amide bonds. The van der Waals surface area contributed by atoms with Crippen LogP contribution in [0.1, 0.15) is 42.2 Å². The average molecular weight is 451 g/mol. The van der Waals surface area contributed by atoms with Crippen molar-refractivity contribution in [1.29, 1.82) is 0 Å². The summed E-state index contributed by atoms with van der Waals surface area (Å²) in [6, 6.07) is 10.5. The molecule has 2 N–H and O–H groups in total. The van der Waals surface area contributed by atoms with Gasteiger partial charge >= 0.3 is 0 Å². The first-order valence-corrected chi connectivity index (χ1v) is 11.7. The van der Waals surface area contributed by atoms with Crippen molar-refractivity contribution >= 4 is 16.9 Å². The van der Waals surface area contributed by atoms with Gasteiger partial charge in [-0.15, -0.1) is 0 Å². The lowest BCUT2D eigenvalue weighted by atomic mass is 10.0. The average Bonchev–Trinajstić information content (AvgIpc) is 3.47. The predicted molar refractivity (Wildman–Crippen MR) is 130 cm³/mol. The van der Waals surface area contributed by atoms with Crippen molar-refractivity contribution in [2.24, 2.45) is 0 Å². The molecule has 0 radical (unpaired) electrons. The Labute approximate surface area is 195 Å². The third-order valence-electron chi connectivity index (χ3n) is 5.98. The molecule has 1 aliphatic rings. The van der Waals surface area contributed by atoms with Crippen LogP contribution in [0.25, 0.3) is 22.3 Å². The predicted octanol–water partition coefficient (Wildman–Crippen LogP) is 2.85. The molecule has 1 unspecified atom stereocenters. The van der Waals surface area contributed by atoms with Crippen LogP contribution in [0.5, 0.6) is 0 Å². The minimum Gasteiger partial charge on any atom is -0.379 e. The van der Waals surface area contributed by atoms with Gasteiger partial charge in [0.05, 0.1) is 35.5 Å². The van der Waals surface area contributed by atoms with E-state index < -0.39 is 0 Å². The maximum Gasteiger partial charge on any atom is 0.252 e. The molecule has 1 aromatic carbocycles. The van der Waals surface area contributed by atoms with Gasteiger partial charge in [-0.2, -0.15) is 5.10 Å². The zero-order valence-electron chi connectivity index (χ0n) is 20.0. The van der Waals surface area contributed by atoms with Crippen molar-refractivity contribution in [1.82, 2.24) is 30.3 Å². The zero-order chi connectivity index (χ0) is 23.4. The number of hydrogen-bond acceptors (Lipinski definition) is 6. The maximum atomic E-state index is 13.2. The highest BCUT2D eigenvalue weighted by atomic mass is 16.5. The quantitative estimate of drug-likeness (QED) is 0.522. The Morgan fingerprint density at radius 3 is 2.91 bits per heavy atom. The number of hydrogen-bond donors (Lipinski definition) is 2. The number of pyridine rings is 1. The van der Waals surface area contributed by atoms with Crippen molar-refractivity contribution in [3.8, 4) is 11.3 Å². The van der Waals surface area contributed by atoms with E-state index in [0.717, 1.165) is 48.3 Å². The molecule has 1 atom stereocenters. The monoisotopic (exact) mass is 450 g/mol. The minimum absolute atomic E-state index is 0.0424. The van der Waals surface area contributed by atoms with Gasteiger partial charge in [-0.05, 0) is 52.1 Å². The van der Waals surface area contributed by atoms with E-state index >= 15 is 0 Å². The molecule has 1 fully saturated rings. The number of likely N-dealkylation sites (N-methyl/N-ethyl adjacent to an activating group) is 2. The SMILES string of the molecule is CNCCN(C)Cc1cccc(-c2cc(C(=O)NC3CCOC3)c3cnn(C(C)C)c3n2)c1. The number of nitrogens with one attached hydrogen (secondary N) is 2. The van der Waals surface area contributed by atoms with Crippen LogP contribution in [0, 0.1) is 0 Å². The fourth-order valence-electron chi connectivity index (χ4n) is 4.17. The molecule has 176 valence electrons. The van der Waals surface area contributed by atoms with E-state index in [1.165, 1.54) is 5.56 Å². The van der Waals surface area contributed by atoms with Crippen LogP contribution in [0.3, 0.4) is 0 Å². The Balaban J connectivity index is 1.70. The van der Waals surface area contributed by atoms with Crippen molar-refractivity contribution in [2.45, 2.75) is 38.9 Å². The van der Waals surface area contributed by atoms with E-state index in [-0.39, 0.29) is 18.0 Å². The molecule has 0 saturated carbocycles. The fraction of sp³-hybridized carbons (Fsp3) is 0.480. The van der Waals surface area contributed by atoms with Crippen molar-refractivity contribution in [2.75, 3.05) is 40.4 Å². The van der Waals surface area contributed by atoms with Gasteiger partial charge in [0.15, 0.2) is 5.65 Å². The summed E-state index contributed by atoms with van der Waals surface area (Å²) in [5, 5.41) is 11.6. The van der Waals surface area contributed by atoms with Gasteiger partial charge in [0, 0.05) is 37.8 Å². The molecule has 1 saturated heterocycles. The Kier molecular flexibility index (Phi) is 7.37. The van der Waals surface area contributed by atoms with E-state index in [2.05, 4.69) is 59.7 Å². The first kappa shape index (κ1) is 23.4. The Bertz CT molecular complexity index is 1100. The second kappa shape index (κ2) is 10.4. The van der Waals surface area contributed by atoms with Gasteiger partial charge in [0.1, 0.15) is 0 Å². The Hall–Kier alpha value is -2.81. The second-order valence-electron chi connectivity index (χ2n) is 9.05. The summed E-state index contributed by atoms with van der Waals surface area (Å²) in [7, 11) is 4.08. The number of nitrogens with zero attached hydrogens (tertiary/aromatic N) is 4. The summed E-state index contributed by atoms with van der Waals surface area (Å²) in [5.74, 6) is -0.106. The zero-order valence-corrected chi connectivity index (χ0v) is 20.0. The summed E-state index contributed by atoms with van der Waals surface area (Å²) >= 11 is 0. The lowest BCUT2D eigenvalue weighted by Crippen LogP contribution is -2.35. The van der Waals surface area contributed by atoms with Gasteiger partial charge in [0.2, 0.25) is 0 Å². The highest BCUT2D eigenvalue weighted by molar-refractivity contribution is 6.06. The molecule has 0 spiro atoms. The topological polar surface area (TPSA) is 84.3 Å². The number of aromatic nitrogens is 3. The van der Waals surface area contributed by atoms with Crippen molar-refractivity contribution < 1.29 is 9.53 Å². The van der Waals surface area contributed by atoms with Crippen LogP contribution in [0.15, 0.2) is 36.5 Å². The van der Waals surface area contributed by atoms with E-state index in [1.807, 2.05) is 23.9 Å². The van der Waals surface area contributed by atoms with Crippen molar-refractivity contribution in [3.05, 3.63) is 47.7 Å². The molecule has 8 nitrogen and oxygen atoms in total. The van der Waals surface area contributed by atoms with E-state index in [4.69, 9.17) is 9.72 Å². The van der Waals surface area contributed by atoms with Crippen molar-refractivity contribution in [3.63, 3.8) is 0 Å². The number of benzene rings is 1. The van der Waals surface area contributed by atoms with Crippen LogP contribution < -0.4 is 10.6 Å². The summed E-state index contributed by atoms with van der Waals surface area (Å²) in [4.78, 5) is 20.5. The number of carbonyl (C=O) groups excluding carboxylic acids is 1. The fourth-order valence-corrected chi connectivity index (χ4v) is 4.17. The molecular weight excluding hydrogens is 416 g/mol. The van der Waals surface area contributed by atoms with Gasteiger partial charge < -0.3 is 20.3 Å². The van der Waals surface area contributed by atoms with Gasteiger partial charge in [-0.25, -0.2) is 9.67 Å². The Morgan fingerprint density at radius 2 is 2.18 bits per heavy atom. The van der Waals surface area contributed by atoms with Crippen LogP contribution in [-0.4, -0.2) is 72.0 Å². The number of carbonyl (C=O) groups is 1. The van der Waals surface area contributed by atoms with E-state index in [0.29, 0.717) is 18.8 Å². The molecule has 0 bridgehead atoms. The highest BCUT2D eigenvalue weighted by Gasteiger charge is 2.23. The van der Waals surface area contributed by atoms with E-state index in [9.17, 15) is 4.79 Å². The van der Waals surface area contributed by atoms with Gasteiger partial charge in [-0.3, -0.25) is 4.79 Å². The largest absolute Gasteiger partial charge is 0.379 e. The summed E-state index contributed by atoms with van der Waals surface area (Å²) in [6.45, 7) is 8.13. The molecule has 0 aliphatic carbocycles. The van der Waals surface area contributed by atoms with Gasteiger partial charge in [0.25, 0.3) is 5.91 Å². The maximum absolute atomic E-state index is 13.2. The normalized spacial score (nSPS) is 16.2. The summed E-state index contributed by atoms with van der Waals surface area (Å²) in [5.41, 5.74) is 4.31. The summed E-state index contributed by atoms with van der Waals surface area (Å²) < 4.78 is 7.31. The Morgan fingerprint density at radius 1 is 1.33 bits per heavy atom. The number of fused-ring (bicyclic) bond motifs is 1. The van der Waals surface area contributed by atoms with E-state index in [1.54, 1.807) is 6.20 Å². The van der Waals surface area contributed by atoms with Crippen LogP contribution in [0.2, 0.25) is 0 Å². The number of rotatable bonds is 9. The molecule has 3 heterocycles. The lowest BCUT2D eigenvalue weighted by molar-refractivity contribution is 0.0931. The van der Waals surface area contributed by atoms with Crippen LogP contribution >= 0.6 is 0 Å². The van der Waals surface area contributed by atoms with Crippen LogP contribution in [-0.2, 0) is 11.3 Å². The number of amides is 1. The second-order valence-corrected chi connectivity index (χ2v) is 9.05. The molecule has 1 aliphatic heterocycles. The number of ether oxygens (including phenoxy) is 1. The minimum atomic E-state index is -0.106. The smallest absolute Gasteiger partial charge is 0.252 e. The molecule has 33 heavy (non-hydrogen) atoms. The lowest BCUT2D eigenvalue weighted by Gasteiger charge is -2.17. The first-order valence-electron chi connectivity index (χ1n) is 11.7. The molecule has 3 aromatic rings. The standard InChI is InChI=1S/C25H34N6O2/c1-17(2)31-24-22(14-27-31)21(25(32)28-20-8-11-33-16-20)13-23(29-24)19-7-5-6-18(12-19)15-30(4)10-9-26-3/h5-7,12-14,17,20,26H,8-11,15-16H2,1-4H3,(H,28,32). The molecule has 8 heteroatoms. The molecular formula is C25H34N6O2. The van der Waals surface area contributed by atoms with Gasteiger partial charge in [-0.1, -0.05) is 18.2 Å². The molecule has 2 aromatic heterocycles. The highest BCUT2D eigenvalue weighted by Crippen LogP contribution is 2.27. The third kappa shape index (κ3) is 5.40.